The summed E-state index contributed by atoms with van der Waals surface area (Å²) in [5, 5.41) is 57.6. The van der Waals surface area contributed by atoms with Crippen molar-refractivity contribution in [2.75, 3.05) is 18.9 Å². The molecule has 13 N–H and O–H groups in total. The van der Waals surface area contributed by atoms with Crippen LogP contribution in [0.4, 0.5) is 4.79 Å². The number of carbonyl (C=O) groups excluding carboxylic acids is 3. The second-order valence-electron chi connectivity index (χ2n) is 11.7. The zero-order valence-electron chi connectivity index (χ0n) is 24.8. The molecule has 0 spiro atoms. The van der Waals surface area contributed by atoms with E-state index in [2.05, 4.69) is 10.6 Å². The third-order valence-electron chi connectivity index (χ3n) is 8.44. The van der Waals surface area contributed by atoms with Crippen molar-refractivity contribution in [2.45, 2.75) is 85.3 Å². The second kappa shape index (κ2) is 14.7. The minimum Gasteiger partial charge on any atom is -0.477 e. The Morgan fingerprint density at radius 2 is 1.81 bits per heavy atom. The fourth-order valence-corrected chi connectivity index (χ4v) is 7.88. The maximum atomic E-state index is 12.9. The molecule has 2 saturated heterocycles. The lowest BCUT2D eigenvalue weighted by atomic mass is 9.84. The molecule has 12 atom stereocenters. The minimum absolute atomic E-state index is 0.0914. The maximum absolute atomic E-state index is 12.9. The second-order valence-corrected chi connectivity index (χ2v) is 13.8. The van der Waals surface area contributed by atoms with Crippen LogP contribution in [0.15, 0.2) is 28.8 Å². The third-order valence-corrected chi connectivity index (χ3v) is 10.7. The Labute approximate surface area is 276 Å². The lowest BCUT2D eigenvalue weighted by Gasteiger charge is -2.49. The molecule has 1 aromatic rings. The van der Waals surface area contributed by atoms with Gasteiger partial charge in [0.05, 0.1) is 18.6 Å². The van der Waals surface area contributed by atoms with E-state index in [4.69, 9.17) is 31.4 Å². The van der Waals surface area contributed by atoms with Crippen LogP contribution >= 0.6 is 23.1 Å². The molecule has 1 aliphatic carbocycles. The zero-order valence-corrected chi connectivity index (χ0v) is 26.4. The van der Waals surface area contributed by atoms with Crippen LogP contribution < -0.4 is 27.8 Å². The molecule has 0 bridgehead atoms. The number of fused-ring (bicyclic) bond motifs is 1. The van der Waals surface area contributed by atoms with E-state index in [9.17, 15) is 44.7 Å². The Morgan fingerprint density at radius 3 is 2.49 bits per heavy atom. The van der Waals surface area contributed by atoms with Crippen molar-refractivity contribution < 1.29 is 58.9 Å². The predicted octanol–water partition coefficient (Wildman–Crippen LogP) is -4.31. The molecule has 3 amide bonds. The van der Waals surface area contributed by atoms with Gasteiger partial charge in [-0.05, 0) is 17.9 Å². The average Bonchev–Trinajstić information content (AvgIpc) is 3.55. The first-order chi connectivity index (χ1) is 22.3. The number of nitrogens with two attached hydrogens (primary N) is 3. The molecule has 3 fully saturated rings. The molecule has 18 nitrogen and oxygen atoms in total. The van der Waals surface area contributed by atoms with Crippen LogP contribution in [-0.4, -0.2) is 146 Å². The highest BCUT2D eigenvalue weighted by Gasteiger charge is 2.54. The van der Waals surface area contributed by atoms with Gasteiger partial charge in [-0.15, -0.1) is 23.1 Å². The molecule has 0 aromatic carbocycles. The molecule has 5 rings (SSSR count). The highest BCUT2D eigenvalue weighted by molar-refractivity contribution is 8.00. The number of aliphatic hydroxyl groups excluding tert-OH is 4. The quantitative estimate of drug-likeness (QED) is 0.103. The van der Waals surface area contributed by atoms with E-state index >= 15 is 0 Å². The molecule has 3 aliphatic heterocycles. The largest absolute Gasteiger partial charge is 0.477 e. The average molecular weight is 703 g/mol. The standard InChI is InChI=1S/C27H38N6O12S2/c28-11-5-12(29)22(21(38)18(11)35)45-26-15(30)20(37)19(36)13(44-26)6-31-27(42)43-7-9-8-47-24-16(23(39)33(24)17(9)25(40)41)32-14(34)4-10-2-1-3-46-10/h1-3,11-13,15-16,18-22,24,26,35-38H,4-8,28-30H2,(H,31,42)(H,32,34)(H,40,41)/t11-,12+,13-,15-,16-,18+,19-,20-,21-,22-,24-,26-/m1/s1. The summed E-state index contributed by atoms with van der Waals surface area (Å²) in [6.45, 7) is -0.892. The van der Waals surface area contributed by atoms with E-state index in [1.54, 1.807) is 12.1 Å². The summed E-state index contributed by atoms with van der Waals surface area (Å²) in [6.07, 6.45) is -10.6. The first-order valence-electron chi connectivity index (χ1n) is 14.7. The van der Waals surface area contributed by atoms with Crippen molar-refractivity contribution in [3.05, 3.63) is 33.7 Å². The Morgan fingerprint density at radius 1 is 1.06 bits per heavy atom. The molecular formula is C27H38N6O12S2. The number of nitrogens with one attached hydrogen (secondary N) is 2. The van der Waals surface area contributed by atoms with Crippen molar-refractivity contribution >= 4 is 47.0 Å². The smallest absolute Gasteiger partial charge is 0.407 e. The number of carboxylic acids is 1. The van der Waals surface area contributed by atoms with Gasteiger partial charge in [0.2, 0.25) is 5.91 Å². The van der Waals surface area contributed by atoms with Crippen LogP contribution in [0.25, 0.3) is 0 Å². The van der Waals surface area contributed by atoms with Gasteiger partial charge in [0.1, 0.15) is 54.2 Å². The Balaban J connectivity index is 1.14. The summed E-state index contributed by atoms with van der Waals surface area (Å²) in [7, 11) is 0. The van der Waals surface area contributed by atoms with Crippen LogP contribution in [0.2, 0.25) is 0 Å². The van der Waals surface area contributed by atoms with Crippen LogP contribution in [0.1, 0.15) is 11.3 Å². The van der Waals surface area contributed by atoms with Crippen molar-refractivity contribution in [3.63, 3.8) is 0 Å². The van der Waals surface area contributed by atoms with Crippen LogP contribution in [0.3, 0.4) is 0 Å². The topological polar surface area (TPSA) is 302 Å². The number of carbonyl (C=O) groups is 4. The summed E-state index contributed by atoms with van der Waals surface area (Å²) >= 11 is 2.61. The number of hydrogen-bond acceptors (Lipinski definition) is 16. The number of β-lactam (4-membered cyclic amide) rings is 1. The number of thioether (sulfide) groups is 1. The number of ether oxygens (including phenoxy) is 3. The van der Waals surface area contributed by atoms with Gasteiger partial charge in [0.15, 0.2) is 6.29 Å². The van der Waals surface area contributed by atoms with Crippen molar-refractivity contribution in [2.24, 2.45) is 17.2 Å². The molecule has 20 heteroatoms. The van der Waals surface area contributed by atoms with Gasteiger partial charge in [0.25, 0.3) is 5.91 Å². The number of hydrogen-bond donors (Lipinski definition) is 10. The first kappa shape index (κ1) is 35.4. The number of thiophene rings is 1. The fraction of sp³-hybridized carbons (Fsp3) is 0.630. The summed E-state index contributed by atoms with van der Waals surface area (Å²) in [5.41, 5.74) is 17.6. The first-order valence-corrected chi connectivity index (χ1v) is 16.6. The summed E-state index contributed by atoms with van der Waals surface area (Å²) in [6, 6.07) is -0.179. The molecule has 1 saturated carbocycles. The zero-order chi connectivity index (χ0) is 34.2. The number of aliphatic hydroxyl groups is 4. The predicted molar refractivity (Wildman–Crippen MR) is 163 cm³/mol. The number of amides is 3. The number of aliphatic carboxylic acids is 1. The number of nitrogens with zero attached hydrogens (tertiary/aromatic N) is 1. The number of rotatable bonds is 10. The lowest BCUT2D eigenvalue weighted by molar-refractivity contribution is -0.288. The van der Waals surface area contributed by atoms with Crippen LogP contribution in [-0.2, 0) is 35.0 Å². The van der Waals surface area contributed by atoms with Crippen molar-refractivity contribution in [1.29, 1.82) is 0 Å². The molecular weight excluding hydrogens is 664 g/mol. The maximum Gasteiger partial charge on any atom is 0.407 e. The molecule has 1 aromatic heterocycles. The van der Waals surface area contributed by atoms with Crippen LogP contribution in [0, 0.1) is 0 Å². The Hall–Kier alpha value is -2.89. The molecule has 47 heavy (non-hydrogen) atoms. The van der Waals surface area contributed by atoms with Gasteiger partial charge in [-0.2, -0.15) is 0 Å². The number of alkyl carbamates (subject to hydrolysis) is 1. The lowest BCUT2D eigenvalue weighted by Crippen LogP contribution is -2.70. The normalized spacial score (nSPS) is 37.1. The van der Waals surface area contributed by atoms with E-state index in [0.717, 1.165) is 9.78 Å². The SMILES string of the molecule is N[C@H]1[C@@H](O[C@H]2[C@H](O)[C@@H](O)[C@H](N)C[C@@H]2N)O[C@H](CNC(=O)OCC2=C(C(=O)O)N3C(=O)[C@@H](NC(=O)Cc4cccs4)[C@H]3SC2)[C@@H](O)[C@@H]1O. The van der Waals surface area contributed by atoms with E-state index in [1.807, 2.05) is 5.38 Å². The van der Waals surface area contributed by atoms with Crippen molar-refractivity contribution in [3.8, 4) is 0 Å². The minimum atomic E-state index is -1.57. The van der Waals surface area contributed by atoms with Gasteiger partial charge in [-0.25, -0.2) is 9.59 Å². The van der Waals surface area contributed by atoms with Gasteiger partial charge < -0.3 is 67.6 Å². The summed E-state index contributed by atoms with van der Waals surface area (Å²) in [4.78, 5) is 51.8. The van der Waals surface area contributed by atoms with Gasteiger partial charge in [-0.1, -0.05) is 6.07 Å². The molecule has 4 aliphatic rings. The Bertz CT molecular complexity index is 1370. The van der Waals surface area contributed by atoms with E-state index in [-0.39, 0.29) is 35.8 Å². The third kappa shape index (κ3) is 7.42. The molecule has 4 heterocycles. The van der Waals surface area contributed by atoms with Crippen LogP contribution in [0.5, 0.6) is 0 Å². The Kier molecular flexibility index (Phi) is 11.1. The van der Waals surface area contributed by atoms with Gasteiger partial charge in [-0.3, -0.25) is 14.5 Å². The van der Waals surface area contributed by atoms with E-state index in [0.29, 0.717) is 0 Å². The number of carboxylic acid groups (broad SMARTS) is 1. The highest BCUT2D eigenvalue weighted by Crippen LogP contribution is 2.40. The molecule has 0 radical (unpaired) electrons. The highest BCUT2D eigenvalue weighted by atomic mass is 32.2. The monoisotopic (exact) mass is 702 g/mol. The summed E-state index contributed by atoms with van der Waals surface area (Å²) < 4.78 is 16.6. The van der Waals surface area contributed by atoms with Gasteiger partial charge in [0, 0.05) is 34.8 Å². The van der Waals surface area contributed by atoms with E-state index in [1.165, 1.54) is 23.1 Å². The molecule has 0 unspecified atom stereocenters. The fourth-order valence-electron chi connectivity index (χ4n) is 5.85. The van der Waals surface area contributed by atoms with E-state index < -0.39 is 104 Å². The summed E-state index contributed by atoms with van der Waals surface area (Å²) in [5.74, 6) is -2.27. The van der Waals surface area contributed by atoms with Crippen molar-refractivity contribution in [1.82, 2.24) is 15.5 Å². The van der Waals surface area contributed by atoms with Gasteiger partial charge >= 0.3 is 12.1 Å². The molecule has 260 valence electrons.